The largest absolute Gasteiger partial charge is 0.324 e. The van der Waals surface area contributed by atoms with Gasteiger partial charge in [0.05, 0.1) is 21.0 Å². The van der Waals surface area contributed by atoms with Crippen LogP contribution in [0.15, 0.2) is 34.1 Å². The van der Waals surface area contributed by atoms with Crippen LogP contribution in [-0.2, 0) is 11.3 Å². The van der Waals surface area contributed by atoms with Gasteiger partial charge in [0.1, 0.15) is 5.82 Å². The van der Waals surface area contributed by atoms with Gasteiger partial charge >= 0.3 is 0 Å². The summed E-state index contributed by atoms with van der Waals surface area (Å²) < 4.78 is 14.0. The SMILES string of the molecule is CN(CC(=O)Nc1ccc(F)cc1Cl)Cc1ccc(Br)s1. The van der Waals surface area contributed by atoms with Crippen LogP contribution in [0.2, 0.25) is 5.02 Å². The van der Waals surface area contributed by atoms with Crippen molar-refractivity contribution in [2.24, 2.45) is 0 Å². The number of thiophene rings is 1. The first-order valence-corrected chi connectivity index (χ1v) is 8.10. The third-order valence-electron chi connectivity index (χ3n) is 2.67. The first kappa shape index (κ1) is 16.4. The third kappa shape index (κ3) is 5.07. The third-order valence-corrected chi connectivity index (χ3v) is 4.59. The van der Waals surface area contributed by atoms with E-state index in [2.05, 4.69) is 21.2 Å². The molecule has 0 aliphatic carbocycles. The Labute approximate surface area is 139 Å². The highest BCUT2D eigenvalue weighted by Gasteiger charge is 2.10. The van der Waals surface area contributed by atoms with Gasteiger partial charge in [0, 0.05) is 11.4 Å². The van der Waals surface area contributed by atoms with Gasteiger partial charge in [-0.1, -0.05) is 11.6 Å². The van der Waals surface area contributed by atoms with Gasteiger partial charge in [-0.25, -0.2) is 4.39 Å². The quantitative estimate of drug-likeness (QED) is 0.820. The Balaban J connectivity index is 1.89. The zero-order chi connectivity index (χ0) is 15.4. The molecule has 1 aromatic heterocycles. The smallest absolute Gasteiger partial charge is 0.238 e. The number of carbonyl (C=O) groups excluding carboxylic acids is 1. The van der Waals surface area contributed by atoms with Gasteiger partial charge in [0.25, 0.3) is 0 Å². The Hall–Kier alpha value is -0.950. The van der Waals surface area contributed by atoms with Crippen molar-refractivity contribution < 1.29 is 9.18 Å². The maximum Gasteiger partial charge on any atom is 0.238 e. The minimum Gasteiger partial charge on any atom is -0.324 e. The predicted octanol–water partition coefficient (Wildman–Crippen LogP) is 4.37. The molecule has 1 amide bonds. The summed E-state index contributed by atoms with van der Waals surface area (Å²) >= 11 is 10.9. The Bertz CT molecular complexity index is 650. The summed E-state index contributed by atoms with van der Waals surface area (Å²) in [5, 5.41) is 2.86. The number of carbonyl (C=O) groups is 1. The van der Waals surface area contributed by atoms with Gasteiger partial charge in [-0.05, 0) is 53.3 Å². The maximum absolute atomic E-state index is 12.9. The van der Waals surface area contributed by atoms with E-state index in [4.69, 9.17) is 11.6 Å². The molecular formula is C14H13BrClFN2OS. The lowest BCUT2D eigenvalue weighted by Gasteiger charge is -2.15. The molecule has 0 saturated heterocycles. The Morgan fingerprint density at radius 1 is 1.43 bits per heavy atom. The monoisotopic (exact) mass is 390 g/mol. The highest BCUT2D eigenvalue weighted by Crippen LogP contribution is 2.24. The molecule has 0 radical (unpaired) electrons. The zero-order valence-corrected chi connectivity index (χ0v) is 14.4. The lowest BCUT2D eigenvalue weighted by atomic mass is 10.3. The van der Waals surface area contributed by atoms with Crippen molar-refractivity contribution in [1.82, 2.24) is 4.90 Å². The molecule has 0 atom stereocenters. The minimum atomic E-state index is -0.432. The van der Waals surface area contributed by atoms with E-state index in [0.717, 1.165) is 8.66 Å². The van der Waals surface area contributed by atoms with Gasteiger partial charge in [-0.3, -0.25) is 9.69 Å². The number of amides is 1. The van der Waals surface area contributed by atoms with Crippen molar-refractivity contribution in [2.45, 2.75) is 6.54 Å². The van der Waals surface area contributed by atoms with E-state index in [9.17, 15) is 9.18 Å². The normalized spacial score (nSPS) is 10.9. The summed E-state index contributed by atoms with van der Waals surface area (Å²) in [4.78, 5) is 15.0. The zero-order valence-electron chi connectivity index (χ0n) is 11.2. The minimum absolute atomic E-state index is 0.188. The standard InChI is InChI=1S/C14H13BrClFN2OS/c1-19(7-10-3-5-13(15)21-10)8-14(20)18-12-4-2-9(17)6-11(12)16/h2-6H,7-8H2,1H3,(H,18,20). The topological polar surface area (TPSA) is 32.3 Å². The van der Waals surface area contributed by atoms with Crippen molar-refractivity contribution >= 4 is 50.5 Å². The molecule has 0 bridgehead atoms. The van der Waals surface area contributed by atoms with Crippen LogP contribution >= 0.6 is 38.9 Å². The van der Waals surface area contributed by atoms with Crippen LogP contribution in [0, 0.1) is 5.82 Å². The molecule has 112 valence electrons. The number of halogens is 3. The van der Waals surface area contributed by atoms with Gasteiger partial charge in [0.15, 0.2) is 0 Å². The number of benzene rings is 1. The number of rotatable bonds is 5. The van der Waals surface area contributed by atoms with E-state index >= 15 is 0 Å². The molecule has 3 nitrogen and oxygen atoms in total. The van der Waals surface area contributed by atoms with E-state index in [1.165, 1.54) is 18.2 Å². The number of anilines is 1. The lowest BCUT2D eigenvalue weighted by molar-refractivity contribution is -0.117. The molecule has 1 heterocycles. The van der Waals surface area contributed by atoms with Crippen LogP contribution in [0.5, 0.6) is 0 Å². The highest BCUT2D eigenvalue weighted by atomic mass is 79.9. The van der Waals surface area contributed by atoms with E-state index in [1.807, 2.05) is 24.1 Å². The van der Waals surface area contributed by atoms with E-state index in [1.54, 1.807) is 11.3 Å². The average Bonchev–Trinajstić information content (AvgIpc) is 2.78. The fourth-order valence-electron chi connectivity index (χ4n) is 1.78. The fraction of sp³-hybridized carbons (Fsp3) is 0.214. The second-order valence-corrected chi connectivity index (χ2v) is 7.51. The maximum atomic E-state index is 12.9. The molecular weight excluding hydrogens is 379 g/mol. The van der Waals surface area contributed by atoms with Crippen LogP contribution in [-0.4, -0.2) is 24.4 Å². The number of nitrogens with zero attached hydrogens (tertiary/aromatic N) is 1. The first-order chi connectivity index (χ1) is 9.94. The number of nitrogens with one attached hydrogen (secondary N) is 1. The summed E-state index contributed by atoms with van der Waals surface area (Å²) in [6, 6.07) is 7.87. The van der Waals surface area contributed by atoms with Crippen LogP contribution in [0.25, 0.3) is 0 Å². The second-order valence-electron chi connectivity index (χ2n) is 4.55. The fourth-order valence-corrected chi connectivity index (χ4v) is 3.56. The molecule has 1 aromatic carbocycles. The molecule has 1 N–H and O–H groups in total. The highest BCUT2D eigenvalue weighted by molar-refractivity contribution is 9.11. The number of hydrogen-bond acceptors (Lipinski definition) is 3. The molecule has 2 aromatic rings. The molecule has 0 aliphatic rings. The van der Waals surface area contributed by atoms with Crippen molar-refractivity contribution in [3.8, 4) is 0 Å². The molecule has 7 heteroatoms. The van der Waals surface area contributed by atoms with Crippen LogP contribution < -0.4 is 5.32 Å². The molecule has 0 aliphatic heterocycles. The Kier molecular flexibility index (Phi) is 5.75. The van der Waals surface area contributed by atoms with Gasteiger partial charge in [-0.15, -0.1) is 11.3 Å². The second kappa shape index (κ2) is 7.35. The van der Waals surface area contributed by atoms with E-state index in [-0.39, 0.29) is 17.5 Å². The summed E-state index contributed by atoms with van der Waals surface area (Å²) in [6.07, 6.45) is 0. The van der Waals surface area contributed by atoms with Crippen molar-refractivity contribution in [1.29, 1.82) is 0 Å². The summed E-state index contributed by atoms with van der Waals surface area (Å²) in [5.74, 6) is -0.625. The van der Waals surface area contributed by atoms with Gasteiger partial charge in [-0.2, -0.15) is 0 Å². The molecule has 2 rings (SSSR count). The van der Waals surface area contributed by atoms with E-state index in [0.29, 0.717) is 12.2 Å². The van der Waals surface area contributed by atoms with Crippen molar-refractivity contribution in [2.75, 3.05) is 18.9 Å². The van der Waals surface area contributed by atoms with Crippen LogP contribution in [0.3, 0.4) is 0 Å². The average molecular weight is 392 g/mol. The van der Waals surface area contributed by atoms with E-state index < -0.39 is 5.82 Å². The van der Waals surface area contributed by atoms with Gasteiger partial charge < -0.3 is 5.32 Å². The Morgan fingerprint density at radius 3 is 2.81 bits per heavy atom. The summed E-state index contributed by atoms with van der Waals surface area (Å²) in [6.45, 7) is 0.907. The van der Waals surface area contributed by atoms with Crippen LogP contribution in [0.1, 0.15) is 4.88 Å². The first-order valence-electron chi connectivity index (χ1n) is 6.11. The van der Waals surface area contributed by atoms with Gasteiger partial charge in [0.2, 0.25) is 5.91 Å². The number of hydrogen-bond donors (Lipinski definition) is 1. The molecule has 21 heavy (non-hydrogen) atoms. The van der Waals surface area contributed by atoms with Crippen molar-refractivity contribution in [3.05, 3.63) is 49.8 Å². The van der Waals surface area contributed by atoms with Crippen LogP contribution in [0.4, 0.5) is 10.1 Å². The summed E-state index contributed by atoms with van der Waals surface area (Å²) in [5.41, 5.74) is 0.412. The lowest BCUT2D eigenvalue weighted by Crippen LogP contribution is -2.29. The molecule has 0 spiro atoms. The Morgan fingerprint density at radius 2 is 2.19 bits per heavy atom. The number of likely N-dealkylation sites (N-methyl/N-ethyl adjacent to an activating group) is 1. The molecule has 0 fully saturated rings. The summed E-state index contributed by atoms with van der Waals surface area (Å²) in [7, 11) is 1.86. The molecule has 0 saturated carbocycles. The predicted molar refractivity (Wildman–Crippen MR) is 88.4 cm³/mol. The van der Waals surface area contributed by atoms with Crippen molar-refractivity contribution in [3.63, 3.8) is 0 Å². The molecule has 0 unspecified atom stereocenters.